The normalized spacial score (nSPS) is 21.2. The van der Waals surface area contributed by atoms with Gasteiger partial charge in [0, 0.05) is 4.47 Å². The molecular weight excluding hydrogens is 370 g/mol. The minimum atomic E-state index is 0.00343. The van der Waals surface area contributed by atoms with Crippen LogP contribution in [0, 0.1) is 0 Å². The molecule has 1 N–H and O–H groups in total. The molecule has 0 saturated carbocycles. The minimum absolute atomic E-state index is 0.00343. The Hall–Kier alpha value is -1.00. The Morgan fingerprint density at radius 2 is 1.89 bits per heavy atom. The van der Waals surface area contributed by atoms with E-state index in [2.05, 4.69) is 56.2 Å². The van der Waals surface area contributed by atoms with E-state index in [1.165, 1.54) is 0 Å². The molecule has 1 aliphatic heterocycles. The van der Waals surface area contributed by atoms with Crippen molar-refractivity contribution in [3.63, 3.8) is 0 Å². The van der Waals surface area contributed by atoms with Crippen LogP contribution < -0.4 is 10.1 Å². The van der Waals surface area contributed by atoms with Crippen molar-refractivity contribution in [1.82, 2.24) is 0 Å². The third-order valence-electron chi connectivity index (χ3n) is 3.23. The number of rotatable bonds is 1. The number of nitrogens with one attached hydrogen (secondary N) is 1. The van der Waals surface area contributed by atoms with Crippen molar-refractivity contribution in [2.24, 2.45) is 0 Å². The lowest BCUT2D eigenvalue weighted by Gasteiger charge is -2.34. The summed E-state index contributed by atoms with van der Waals surface area (Å²) in [6.07, 6.45) is 0.00343. The third kappa shape index (κ3) is 2.51. The molecule has 0 amide bonds. The SMILES string of the molecule is CC1Nc2cccc(Br)c2OC1c1cccc(Br)c1. The first-order valence-electron chi connectivity index (χ1n) is 6.12. The first kappa shape index (κ1) is 13.0. The lowest BCUT2D eigenvalue weighted by atomic mass is 10.0. The summed E-state index contributed by atoms with van der Waals surface area (Å²) in [5.41, 5.74) is 2.20. The number of anilines is 1. The molecule has 3 rings (SSSR count). The highest BCUT2D eigenvalue weighted by atomic mass is 79.9. The summed E-state index contributed by atoms with van der Waals surface area (Å²) in [6.45, 7) is 2.13. The molecule has 0 spiro atoms. The van der Waals surface area contributed by atoms with Gasteiger partial charge in [-0.1, -0.05) is 34.1 Å². The number of halogens is 2. The number of benzene rings is 2. The molecule has 0 radical (unpaired) electrons. The topological polar surface area (TPSA) is 21.3 Å². The van der Waals surface area contributed by atoms with Crippen molar-refractivity contribution in [1.29, 1.82) is 0 Å². The van der Waals surface area contributed by atoms with Crippen LogP contribution in [-0.2, 0) is 0 Å². The van der Waals surface area contributed by atoms with Crippen LogP contribution in [0.4, 0.5) is 5.69 Å². The van der Waals surface area contributed by atoms with Gasteiger partial charge in [-0.15, -0.1) is 0 Å². The Morgan fingerprint density at radius 1 is 1.11 bits per heavy atom. The maximum Gasteiger partial charge on any atom is 0.157 e. The number of hydrogen-bond donors (Lipinski definition) is 1. The molecule has 2 atom stereocenters. The van der Waals surface area contributed by atoms with Crippen molar-refractivity contribution in [2.45, 2.75) is 19.1 Å². The molecule has 0 saturated heterocycles. The predicted molar refractivity (Wildman–Crippen MR) is 84.7 cm³/mol. The van der Waals surface area contributed by atoms with Gasteiger partial charge in [0.05, 0.1) is 16.2 Å². The quantitative estimate of drug-likeness (QED) is 0.736. The van der Waals surface area contributed by atoms with Crippen LogP contribution in [0.1, 0.15) is 18.6 Å². The van der Waals surface area contributed by atoms with Crippen LogP contribution in [-0.4, -0.2) is 6.04 Å². The number of fused-ring (bicyclic) bond motifs is 1. The highest BCUT2D eigenvalue weighted by Crippen LogP contribution is 2.42. The zero-order valence-corrected chi connectivity index (χ0v) is 13.5. The maximum absolute atomic E-state index is 6.19. The second-order valence-corrected chi connectivity index (χ2v) is 6.41. The van der Waals surface area contributed by atoms with E-state index in [1.807, 2.05) is 30.3 Å². The highest BCUT2D eigenvalue weighted by Gasteiger charge is 2.28. The van der Waals surface area contributed by atoms with Crippen molar-refractivity contribution in [3.8, 4) is 5.75 Å². The van der Waals surface area contributed by atoms with Crippen molar-refractivity contribution in [2.75, 3.05) is 5.32 Å². The van der Waals surface area contributed by atoms with Gasteiger partial charge in [-0.25, -0.2) is 0 Å². The Morgan fingerprint density at radius 3 is 2.68 bits per heavy atom. The van der Waals surface area contributed by atoms with Gasteiger partial charge < -0.3 is 10.1 Å². The van der Waals surface area contributed by atoms with E-state index in [9.17, 15) is 0 Å². The lowest BCUT2D eigenvalue weighted by molar-refractivity contribution is 0.176. The summed E-state index contributed by atoms with van der Waals surface area (Å²) in [5.74, 6) is 0.880. The fourth-order valence-electron chi connectivity index (χ4n) is 2.33. The van der Waals surface area contributed by atoms with Crippen LogP contribution in [0.15, 0.2) is 51.4 Å². The van der Waals surface area contributed by atoms with Gasteiger partial charge in [-0.3, -0.25) is 0 Å². The van der Waals surface area contributed by atoms with E-state index in [4.69, 9.17) is 4.74 Å². The number of ether oxygens (including phenoxy) is 1. The monoisotopic (exact) mass is 381 g/mol. The fraction of sp³-hybridized carbons (Fsp3) is 0.200. The van der Waals surface area contributed by atoms with Crippen LogP contribution in [0.3, 0.4) is 0 Å². The van der Waals surface area contributed by atoms with E-state index in [0.29, 0.717) is 0 Å². The van der Waals surface area contributed by atoms with E-state index in [1.54, 1.807) is 0 Å². The van der Waals surface area contributed by atoms with Gasteiger partial charge in [-0.2, -0.15) is 0 Å². The average Bonchev–Trinajstić information content (AvgIpc) is 2.38. The predicted octanol–water partition coefficient (Wildman–Crippen LogP) is 5.15. The Bertz CT molecular complexity index is 615. The van der Waals surface area contributed by atoms with E-state index in [-0.39, 0.29) is 12.1 Å². The Balaban J connectivity index is 1.99. The van der Waals surface area contributed by atoms with Crippen molar-refractivity contribution in [3.05, 3.63) is 57.0 Å². The van der Waals surface area contributed by atoms with Crippen LogP contribution >= 0.6 is 31.9 Å². The molecular formula is C15H13Br2NO. The first-order valence-corrected chi connectivity index (χ1v) is 7.71. The van der Waals surface area contributed by atoms with E-state index >= 15 is 0 Å². The van der Waals surface area contributed by atoms with Crippen LogP contribution in [0.2, 0.25) is 0 Å². The van der Waals surface area contributed by atoms with Gasteiger partial charge in [0.25, 0.3) is 0 Å². The molecule has 4 heteroatoms. The molecule has 0 bridgehead atoms. The smallest absolute Gasteiger partial charge is 0.157 e. The number of hydrogen-bond acceptors (Lipinski definition) is 2. The van der Waals surface area contributed by atoms with E-state index in [0.717, 1.165) is 25.9 Å². The second-order valence-electron chi connectivity index (χ2n) is 4.64. The molecule has 1 aliphatic rings. The summed E-state index contributed by atoms with van der Waals surface area (Å²) in [4.78, 5) is 0. The summed E-state index contributed by atoms with van der Waals surface area (Å²) in [7, 11) is 0. The molecule has 1 heterocycles. The summed E-state index contributed by atoms with van der Waals surface area (Å²) in [5, 5.41) is 3.50. The molecule has 2 unspecified atom stereocenters. The third-order valence-corrected chi connectivity index (χ3v) is 4.34. The molecule has 19 heavy (non-hydrogen) atoms. The van der Waals surface area contributed by atoms with Crippen LogP contribution in [0.5, 0.6) is 5.75 Å². The summed E-state index contributed by atoms with van der Waals surface area (Å²) >= 11 is 7.05. The molecule has 2 aromatic rings. The number of para-hydroxylation sites is 1. The Labute approximate surface area is 129 Å². The van der Waals surface area contributed by atoms with Gasteiger partial charge in [0.15, 0.2) is 5.75 Å². The maximum atomic E-state index is 6.19. The standard InChI is InChI=1S/C15H13Br2NO/c1-9-14(10-4-2-5-11(16)8-10)19-15-12(17)6-3-7-13(15)18-9/h2-9,14,18H,1H3. The van der Waals surface area contributed by atoms with E-state index < -0.39 is 0 Å². The second kappa shape index (κ2) is 5.17. The van der Waals surface area contributed by atoms with Crippen molar-refractivity contribution >= 4 is 37.5 Å². The van der Waals surface area contributed by atoms with Gasteiger partial charge in [0.2, 0.25) is 0 Å². The molecule has 2 nitrogen and oxygen atoms in total. The van der Waals surface area contributed by atoms with Gasteiger partial charge in [-0.05, 0) is 52.7 Å². The largest absolute Gasteiger partial charge is 0.480 e. The highest BCUT2D eigenvalue weighted by molar-refractivity contribution is 9.10. The molecule has 0 aromatic heterocycles. The molecule has 98 valence electrons. The summed E-state index contributed by atoms with van der Waals surface area (Å²) < 4.78 is 8.23. The zero-order valence-electron chi connectivity index (χ0n) is 10.4. The van der Waals surface area contributed by atoms with Crippen LogP contribution in [0.25, 0.3) is 0 Å². The van der Waals surface area contributed by atoms with Crippen molar-refractivity contribution < 1.29 is 4.74 Å². The molecule has 0 aliphatic carbocycles. The lowest BCUT2D eigenvalue weighted by Crippen LogP contribution is -2.32. The minimum Gasteiger partial charge on any atom is -0.480 e. The van der Waals surface area contributed by atoms with Gasteiger partial charge in [0.1, 0.15) is 6.10 Å². The average molecular weight is 383 g/mol. The molecule has 2 aromatic carbocycles. The first-order chi connectivity index (χ1) is 9.15. The van der Waals surface area contributed by atoms with Gasteiger partial charge >= 0.3 is 0 Å². The Kier molecular flexibility index (Phi) is 3.54. The summed E-state index contributed by atoms with van der Waals surface area (Å²) in [6, 6.07) is 14.5. The molecule has 0 fully saturated rings. The zero-order chi connectivity index (χ0) is 13.4. The fourth-order valence-corrected chi connectivity index (χ4v) is 3.21.